The van der Waals surface area contributed by atoms with Crippen LogP contribution in [-0.2, 0) is 6.42 Å². The van der Waals surface area contributed by atoms with Crippen LogP contribution in [0.2, 0.25) is 4.34 Å². The van der Waals surface area contributed by atoms with Gasteiger partial charge in [0.05, 0.1) is 4.34 Å². The van der Waals surface area contributed by atoms with Gasteiger partial charge in [0.15, 0.2) is 0 Å². The van der Waals surface area contributed by atoms with E-state index in [1.54, 1.807) is 11.3 Å². The molecule has 0 aliphatic rings. The first-order chi connectivity index (χ1) is 5.53. The minimum atomic E-state index is 0.328. The maximum Gasteiger partial charge on any atom is 0.0931 e. The van der Waals surface area contributed by atoms with Crippen molar-refractivity contribution >= 4 is 38.9 Å². The third kappa shape index (κ3) is 3.08. The van der Waals surface area contributed by atoms with Gasteiger partial charge in [0, 0.05) is 10.2 Å². The van der Waals surface area contributed by atoms with Crippen molar-refractivity contribution in [1.29, 1.82) is 0 Å². The Kier molecular flexibility index (Phi) is 3.62. The second-order valence-corrected chi connectivity index (χ2v) is 6.04. The van der Waals surface area contributed by atoms with E-state index in [0.717, 1.165) is 16.1 Å². The van der Waals surface area contributed by atoms with Crippen LogP contribution in [0.25, 0.3) is 0 Å². The Labute approximate surface area is 91.1 Å². The van der Waals surface area contributed by atoms with Gasteiger partial charge in [-0.05, 0) is 24.0 Å². The fourth-order valence-electron chi connectivity index (χ4n) is 0.966. The first-order valence-electron chi connectivity index (χ1n) is 3.84. The topological polar surface area (TPSA) is 0 Å². The van der Waals surface area contributed by atoms with Gasteiger partial charge in [0.2, 0.25) is 0 Å². The average molecular weight is 268 g/mol. The highest BCUT2D eigenvalue weighted by atomic mass is 79.9. The number of hydrogen-bond donors (Lipinski definition) is 0. The van der Waals surface area contributed by atoms with Gasteiger partial charge in [-0.15, -0.1) is 11.3 Å². The number of alkyl halides is 1. The van der Waals surface area contributed by atoms with E-state index in [4.69, 9.17) is 11.6 Å². The molecule has 0 aromatic carbocycles. The van der Waals surface area contributed by atoms with Crippen molar-refractivity contribution in [3.8, 4) is 0 Å². The number of thiophene rings is 1. The summed E-state index contributed by atoms with van der Waals surface area (Å²) in [6.45, 7) is 4.49. The highest BCUT2D eigenvalue weighted by molar-refractivity contribution is 9.09. The Bertz CT molecular complexity index is 255. The SMILES string of the molecule is CC(C)(CBr)Cc1ccc(Cl)s1. The zero-order valence-corrected chi connectivity index (χ0v) is 10.4. The molecule has 0 radical (unpaired) electrons. The van der Waals surface area contributed by atoms with Crippen molar-refractivity contribution in [2.75, 3.05) is 5.33 Å². The maximum atomic E-state index is 5.84. The van der Waals surface area contributed by atoms with Crippen LogP contribution in [0.4, 0.5) is 0 Å². The molecule has 68 valence electrons. The molecule has 3 heteroatoms. The van der Waals surface area contributed by atoms with Crippen LogP contribution in [0.1, 0.15) is 18.7 Å². The minimum Gasteiger partial charge on any atom is -0.128 e. The van der Waals surface area contributed by atoms with Crippen molar-refractivity contribution in [3.63, 3.8) is 0 Å². The lowest BCUT2D eigenvalue weighted by Crippen LogP contribution is -2.15. The molecule has 0 saturated heterocycles. The summed E-state index contributed by atoms with van der Waals surface area (Å²) in [6.07, 6.45) is 1.09. The van der Waals surface area contributed by atoms with E-state index in [0.29, 0.717) is 5.41 Å². The second-order valence-electron chi connectivity index (χ2n) is 3.68. The van der Waals surface area contributed by atoms with Crippen molar-refractivity contribution in [3.05, 3.63) is 21.3 Å². The van der Waals surface area contributed by atoms with Gasteiger partial charge in [-0.3, -0.25) is 0 Å². The fraction of sp³-hybridized carbons (Fsp3) is 0.556. The average Bonchev–Trinajstić information content (AvgIpc) is 2.35. The highest BCUT2D eigenvalue weighted by Gasteiger charge is 2.17. The van der Waals surface area contributed by atoms with E-state index >= 15 is 0 Å². The fourth-order valence-corrected chi connectivity index (χ4v) is 2.51. The van der Waals surface area contributed by atoms with Crippen molar-refractivity contribution in [2.45, 2.75) is 20.3 Å². The van der Waals surface area contributed by atoms with Crippen LogP contribution in [-0.4, -0.2) is 5.33 Å². The van der Waals surface area contributed by atoms with E-state index in [2.05, 4.69) is 35.8 Å². The molecule has 1 aromatic rings. The Morgan fingerprint density at radius 1 is 1.50 bits per heavy atom. The molecule has 1 aromatic heterocycles. The summed E-state index contributed by atoms with van der Waals surface area (Å²) >= 11 is 11.0. The molecule has 12 heavy (non-hydrogen) atoms. The number of rotatable bonds is 3. The monoisotopic (exact) mass is 266 g/mol. The smallest absolute Gasteiger partial charge is 0.0931 e. The van der Waals surface area contributed by atoms with Gasteiger partial charge >= 0.3 is 0 Å². The molecule has 0 unspecified atom stereocenters. The highest BCUT2D eigenvalue weighted by Crippen LogP contribution is 2.29. The lowest BCUT2D eigenvalue weighted by atomic mass is 9.91. The molecule has 1 heterocycles. The van der Waals surface area contributed by atoms with E-state index in [1.807, 2.05) is 6.07 Å². The quantitative estimate of drug-likeness (QED) is 0.714. The zero-order chi connectivity index (χ0) is 9.19. The Morgan fingerprint density at radius 2 is 2.17 bits per heavy atom. The van der Waals surface area contributed by atoms with E-state index in [9.17, 15) is 0 Å². The normalized spacial score (nSPS) is 12.0. The summed E-state index contributed by atoms with van der Waals surface area (Å²) in [4.78, 5) is 1.37. The molecular weight excluding hydrogens is 256 g/mol. The molecule has 0 fully saturated rings. The van der Waals surface area contributed by atoms with Crippen molar-refractivity contribution < 1.29 is 0 Å². The molecule has 0 aliphatic carbocycles. The van der Waals surface area contributed by atoms with Gasteiger partial charge in [0.1, 0.15) is 0 Å². The van der Waals surface area contributed by atoms with Crippen LogP contribution >= 0.6 is 38.9 Å². The standard InChI is InChI=1S/C9H12BrClS/c1-9(2,6-10)5-7-3-4-8(11)12-7/h3-4H,5-6H2,1-2H3. The molecule has 0 aliphatic heterocycles. The summed E-state index contributed by atoms with van der Waals surface area (Å²) in [6, 6.07) is 4.07. The van der Waals surface area contributed by atoms with Crippen molar-refractivity contribution in [2.24, 2.45) is 5.41 Å². The van der Waals surface area contributed by atoms with E-state index < -0.39 is 0 Å². The molecule has 0 saturated carbocycles. The Morgan fingerprint density at radius 3 is 2.58 bits per heavy atom. The summed E-state index contributed by atoms with van der Waals surface area (Å²) in [7, 11) is 0. The van der Waals surface area contributed by atoms with Gasteiger partial charge in [-0.2, -0.15) is 0 Å². The zero-order valence-electron chi connectivity index (χ0n) is 7.23. The minimum absolute atomic E-state index is 0.328. The van der Waals surface area contributed by atoms with E-state index in [1.165, 1.54) is 4.88 Å². The molecule has 0 N–H and O–H groups in total. The Hall–Kier alpha value is 0.470. The van der Waals surface area contributed by atoms with Crippen molar-refractivity contribution in [1.82, 2.24) is 0 Å². The summed E-state index contributed by atoms with van der Waals surface area (Å²) in [5.74, 6) is 0. The second kappa shape index (κ2) is 4.12. The maximum absolute atomic E-state index is 5.84. The predicted molar refractivity (Wildman–Crippen MR) is 60.6 cm³/mol. The largest absolute Gasteiger partial charge is 0.128 e. The van der Waals surface area contributed by atoms with Gasteiger partial charge < -0.3 is 0 Å². The summed E-state index contributed by atoms with van der Waals surface area (Å²) in [5.41, 5.74) is 0.328. The van der Waals surface area contributed by atoms with Crippen LogP contribution in [0.3, 0.4) is 0 Å². The molecular formula is C9H12BrClS. The molecule has 0 bridgehead atoms. The third-order valence-electron chi connectivity index (χ3n) is 1.64. The molecule has 0 amide bonds. The predicted octanol–water partition coefficient (Wildman–Crippen LogP) is 4.37. The van der Waals surface area contributed by atoms with Crippen LogP contribution in [0.5, 0.6) is 0 Å². The molecule has 0 nitrogen and oxygen atoms in total. The van der Waals surface area contributed by atoms with Crippen LogP contribution < -0.4 is 0 Å². The lowest BCUT2D eigenvalue weighted by Gasteiger charge is -2.19. The third-order valence-corrected chi connectivity index (χ3v) is 4.39. The first-order valence-corrected chi connectivity index (χ1v) is 6.15. The van der Waals surface area contributed by atoms with Gasteiger partial charge in [0.25, 0.3) is 0 Å². The van der Waals surface area contributed by atoms with Gasteiger partial charge in [-0.25, -0.2) is 0 Å². The lowest BCUT2D eigenvalue weighted by molar-refractivity contribution is 0.428. The van der Waals surface area contributed by atoms with Gasteiger partial charge in [-0.1, -0.05) is 41.4 Å². The number of hydrogen-bond acceptors (Lipinski definition) is 1. The number of halogens is 2. The summed E-state index contributed by atoms with van der Waals surface area (Å²) in [5, 5.41) is 1.02. The Balaban J connectivity index is 2.63. The molecule has 1 rings (SSSR count). The molecule has 0 atom stereocenters. The van der Waals surface area contributed by atoms with Crippen LogP contribution in [0.15, 0.2) is 12.1 Å². The van der Waals surface area contributed by atoms with E-state index in [-0.39, 0.29) is 0 Å². The molecule has 0 spiro atoms. The first kappa shape index (κ1) is 10.6. The summed E-state index contributed by atoms with van der Waals surface area (Å²) < 4.78 is 0.885. The van der Waals surface area contributed by atoms with Crippen LogP contribution in [0, 0.1) is 5.41 Å².